The minimum atomic E-state index is -2.98. The second-order valence-electron chi connectivity index (χ2n) is 3.11. The lowest BCUT2D eigenvalue weighted by molar-refractivity contribution is 0.595. The fourth-order valence-electron chi connectivity index (χ4n) is 1.51. The summed E-state index contributed by atoms with van der Waals surface area (Å²) in [7, 11) is -2.98. The van der Waals surface area contributed by atoms with Crippen LogP contribution in [0.4, 0.5) is 0 Å². The number of hydrogen-bond donors (Lipinski definition) is 0. The van der Waals surface area contributed by atoms with Gasteiger partial charge in [-0.05, 0) is 41.3 Å². The Bertz CT molecular complexity index is 419. The molecule has 0 saturated heterocycles. The maximum atomic E-state index is 11.7. The van der Waals surface area contributed by atoms with Crippen LogP contribution in [0.2, 0.25) is 0 Å². The Kier molecular flexibility index (Phi) is 2.51. The molecule has 72 valence electrons. The summed E-state index contributed by atoms with van der Waals surface area (Å²) in [6.07, 6.45) is 2.69. The van der Waals surface area contributed by atoms with Crippen molar-refractivity contribution in [1.29, 1.82) is 0 Å². The average molecular weight is 281 g/mol. The number of fused-ring (bicyclic) bond motifs is 1. The van der Waals surface area contributed by atoms with Gasteiger partial charge in [0.05, 0.1) is 14.4 Å². The molecule has 0 amide bonds. The first-order valence-corrected chi connectivity index (χ1v) is 7.37. The Balaban J connectivity index is 2.60. The Hall–Kier alpha value is 0.130. The van der Waals surface area contributed by atoms with Crippen LogP contribution in [0.25, 0.3) is 0 Å². The molecule has 1 aliphatic heterocycles. The SMILES string of the molecule is O=S1(=O)CCCCc2sc(Br)cc21. The maximum absolute atomic E-state index is 11.7. The molecular formula is C8H9BrO2S2. The standard InChI is InChI=1S/C8H9BrO2S2/c9-8-5-7-6(12-8)3-1-2-4-13(7,10)11/h5H,1-4H2. The van der Waals surface area contributed by atoms with Gasteiger partial charge in [0.15, 0.2) is 9.84 Å². The zero-order valence-electron chi connectivity index (χ0n) is 6.92. The molecule has 2 heterocycles. The predicted octanol–water partition coefficient (Wildman–Crippen LogP) is 2.62. The highest BCUT2D eigenvalue weighted by Gasteiger charge is 2.23. The highest BCUT2D eigenvalue weighted by Crippen LogP contribution is 2.34. The Morgan fingerprint density at radius 2 is 2.15 bits per heavy atom. The van der Waals surface area contributed by atoms with Crippen molar-refractivity contribution in [2.24, 2.45) is 0 Å². The Labute approximate surface area is 90.0 Å². The average Bonchev–Trinajstić information content (AvgIpc) is 2.36. The first kappa shape index (κ1) is 9.68. The maximum Gasteiger partial charge on any atom is 0.179 e. The first-order chi connectivity index (χ1) is 6.09. The lowest BCUT2D eigenvalue weighted by atomic mass is 10.2. The van der Waals surface area contributed by atoms with Crippen LogP contribution >= 0.6 is 27.3 Å². The summed E-state index contributed by atoms with van der Waals surface area (Å²) in [5.74, 6) is 0.309. The molecule has 0 spiro atoms. The fraction of sp³-hybridized carbons (Fsp3) is 0.500. The summed E-state index contributed by atoms with van der Waals surface area (Å²) in [6.45, 7) is 0. The lowest BCUT2D eigenvalue weighted by Crippen LogP contribution is -2.04. The normalized spacial score (nSPS) is 20.7. The van der Waals surface area contributed by atoms with Crippen LogP contribution in [0.1, 0.15) is 17.7 Å². The van der Waals surface area contributed by atoms with Crippen LogP contribution in [-0.4, -0.2) is 14.2 Å². The highest BCUT2D eigenvalue weighted by atomic mass is 79.9. The second kappa shape index (κ2) is 3.37. The molecule has 0 N–H and O–H groups in total. The van der Waals surface area contributed by atoms with Gasteiger partial charge >= 0.3 is 0 Å². The van der Waals surface area contributed by atoms with E-state index in [-0.39, 0.29) is 0 Å². The number of aryl methyl sites for hydroxylation is 1. The van der Waals surface area contributed by atoms with E-state index in [2.05, 4.69) is 15.9 Å². The Morgan fingerprint density at radius 1 is 1.38 bits per heavy atom. The molecule has 13 heavy (non-hydrogen) atoms. The molecule has 0 fully saturated rings. The zero-order valence-corrected chi connectivity index (χ0v) is 10.1. The predicted molar refractivity (Wildman–Crippen MR) is 57.0 cm³/mol. The van der Waals surface area contributed by atoms with Crippen molar-refractivity contribution in [3.8, 4) is 0 Å². The molecule has 2 rings (SSSR count). The van der Waals surface area contributed by atoms with E-state index >= 15 is 0 Å². The van der Waals surface area contributed by atoms with Gasteiger partial charge in [0, 0.05) is 4.88 Å². The van der Waals surface area contributed by atoms with Gasteiger partial charge < -0.3 is 0 Å². The van der Waals surface area contributed by atoms with E-state index in [1.54, 1.807) is 17.4 Å². The molecule has 0 radical (unpaired) electrons. The monoisotopic (exact) mass is 280 g/mol. The van der Waals surface area contributed by atoms with Gasteiger partial charge in [0.25, 0.3) is 0 Å². The van der Waals surface area contributed by atoms with Gasteiger partial charge in [-0.25, -0.2) is 8.42 Å². The smallest absolute Gasteiger partial charge is 0.179 e. The van der Waals surface area contributed by atoms with Crippen molar-refractivity contribution in [3.05, 3.63) is 14.7 Å². The van der Waals surface area contributed by atoms with E-state index in [9.17, 15) is 8.42 Å². The highest BCUT2D eigenvalue weighted by molar-refractivity contribution is 9.11. The molecule has 1 aromatic heterocycles. The third kappa shape index (κ3) is 1.82. The third-order valence-corrected chi connectivity index (χ3v) is 5.83. The van der Waals surface area contributed by atoms with Crippen molar-refractivity contribution in [3.63, 3.8) is 0 Å². The largest absolute Gasteiger partial charge is 0.224 e. The number of rotatable bonds is 0. The van der Waals surface area contributed by atoms with Crippen molar-refractivity contribution in [1.82, 2.24) is 0 Å². The molecular weight excluding hydrogens is 272 g/mol. The fourth-order valence-corrected chi connectivity index (χ4v) is 5.42. The van der Waals surface area contributed by atoms with Crippen molar-refractivity contribution >= 4 is 37.1 Å². The number of hydrogen-bond acceptors (Lipinski definition) is 3. The van der Waals surface area contributed by atoms with E-state index in [0.29, 0.717) is 10.6 Å². The molecule has 0 saturated carbocycles. The molecule has 0 atom stereocenters. The number of halogens is 1. The van der Waals surface area contributed by atoms with E-state index in [1.165, 1.54) is 0 Å². The van der Waals surface area contributed by atoms with Crippen LogP contribution in [-0.2, 0) is 16.3 Å². The molecule has 1 aliphatic rings. The van der Waals surface area contributed by atoms with E-state index in [4.69, 9.17) is 0 Å². The molecule has 0 unspecified atom stereocenters. The van der Waals surface area contributed by atoms with E-state index in [0.717, 1.165) is 27.9 Å². The van der Waals surface area contributed by atoms with Gasteiger partial charge in [0.2, 0.25) is 0 Å². The summed E-state index contributed by atoms with van der Waals surface area (Å²) in [4.78, 5) is 1.58. The van der Waals surface area contributed by atoms with Crippen molar-refractivity contribution < 1.29 is 8.42 Å². The quantitative estimate of drug-likeness (QED) is 0.732. The number of sulfone groups is 1. The summed E-state index contributed by atoms with van der Waals surface area (Å²) in [5.41, 5.74) is 0. The summed E-state index contributed by atoms with van der Waals surface area (Å²) < 4.78 is 24.3. The lowest BCUT2D eigenvalue weighted by Gasteiger charge is -1.97. The first-order valence-electron chi connectivity index (χ1n) is 4.10. The summed E-state index contributed by atoms with van der Waals surface area (Å²) in [5, 5.41) is 0. The minimum Gasteiger partial charge on any atom is -0.224 e. The minimum absolute atomic E-state index is 0.309. The summed E-state index contributed by atoms with van der Waals surface area (Å²) >= 11 is 4.87. The summed E-state index contributed by atoms with van der Waals surface area (Å²) in [6, 6.07) is 1.74. The topological polar surface area (TPSA) is 34.1 Å². The van der Waals surface area contributed by atoms with Gasteiger partial charge in [-0.1, -0.05) is 0 Å². The van der Waals surface area contributed by atoms with E-state index < -0.39 is 9.84 Å². The van der Waals surface area contributed by atoms with Crippen LogP contribution < -0.4 is 0 Å². The van der Waals surface area contributed by atoms with Crippen LogP contribution in [0.15, 0.2) is 14.7 Å². The van der Waals surface area contributed by atoms with Crippen molar-refractivity contribution in [2.45, 2.75) is 24.2 Å². The van der Waals surface area contributed by atoms with Crippen LogP contribution in [0.3, 0.4) is 0 Å². The van der Waals surface area contributed by atoms with Gasteiger partial charge in [-0.3, -0.25) is 0 Å². The molecule has 0 aromatic carbocycles. The van der Waals surface area contributed by atoms with E-state index in [1.807, 2.05) is 0 Å². The third-order valence-electron chi connectivity index (χ3n) is 2.14. The Morgan fingerprint density at radius 3 is 2.92 bits per heavy atom. The van der Waals surface area contributed by atoms with Crippen LogP contribution in [0.5, 0.6) is 0 Å². The van der Waals surface area contributed by atoms with Gasteiger partial charge in [-0.15, -0.1) is 11.3 Å². The molecule has 1 aromatic rings. The van der Waals surface area contributed by atoms with Crippen LogP contribution in [0, 0.1) is 0 Å². The zero-order chi connectivity index (χ0) is 9.47. The van der Waals surface area contributed by atoms with Crippen molar-refractivity contribution in [2.75, 3.05) is 5.75 Å². The van der Waals surface area contributed by atoms with Gasteiger partial charge in [-0.2, -0.15) is 0 Å². The second-order valence-corrected chi connectivity index (χ2v) is 7.71. The molecule has 5 heteroatoms. The number of thiophene rings is 1. The molecule has 2 nitrogen and oxygen atoms in total. The molecule has 0 aliphatic carbocycles. The molecule has 0 bridgehead atoms. The van der Waals surface area contributed by atoms with Gasteiger partial charge in [0.1, 0.15) is 0 Å².